The number of hydrogen-bond acceptors (Lipinski definition) is 6. The summed E-state index contributed by atoms with van der Waals surface area (Å²) >= 11 is 5.64. The molecule has 0 saturated heterocycles. The van der Waals surface area contributed by atoms with Gasteiger partial charge in [0.1, 0.15) is 6.33 Å². The van der Waals surface area contributed by atoms with Crippen molar-refractivity contribution in [1.29, 1.82) is 0 Å². The molecule has 2 N–H and O–H groups in total. The normalized spacial score (nSPS) is 22.9. The maximum Gasteiger partial charge on any atom is 0.348 e. The van der Waals surface area contributed by atoms with Crippen LogP contribution in [-0.2, 0) is 0 Å². The molecular weight excluding hydrogens is 248 g/mol. The van der Waals surface area contributed by atoms with E-state index in [0.29, 0.717) is 25.3 Å². The summed E-state index contributed by atoms with van der Waals surface area (Å²) in [5.74, 6) is 0.440. The van der Waals surface area contributed by atoms with Gasteiger partial charge in [0.15, 0.2) is 0 Å². The molecule has 1 aromatic heterocycles. The van der Waals surface area contributed by atoms with Gasteiger partial charge in [0.25, 0.3) is 0 Å². The summed E-state index contributed by atoms with van der Waals surface area (Å²) in [6, 6.07) is 0. The first-order valence-corrected chi connectivity index (χ1v) is 5.52. The van der Waals surface area contributed by atoms with E-state index in [4.69, 9.17) is 16.7 Å². The molecule has 1 fully saturated rings. The van der Waals surface area contributed by atoms with Gasteiger partial charge in [0.2, 0.25) is 11.0 Å². The number of aromatic nitrogens is 2. The lowest BCUT2D eigenvalue weighted by molar-refractivity contribution is -0.384. The predicted octanol–water partition coefficient (Wildman–Crippen LogP) is 1.22. The van der Waals surface area contributed by atoms with E-state index in [2.05, 4.69) is 15.3 Å². The lowest BCUT2D eigenvalue weighted by atomic mass is 9.82. The minimum Gasteiger partial charge on any atom is -0.393 e. The maximum absolute atomic E-state index is 10.8. The van der Waals surface area contributed by atoms with E-state index in [1.54, 1.807) is 0 Å². The third kappa shape index (κ3) is 2.62. The fraction of sp³-hybridized carbons (Fsp3) is 0.556. The standard InChI is InChI=1S/C9H11ClN4O3/c10-8-7(14(16)17)9(13-4-12-8)11-3-5-1-6(15)2-5/h4-6,15H,1-3H2,(H,11,12,13). The minimum atomic E-state index is -0.611. The quantitative estimate of drug-likeness (QED) is 0.478. The van der Waals surface area contributed by atoms with E-state index in [-0.39, 0.29) is 22.8 Å². The number of anilines is 1. The maximum atomic E-state index is 10.8. The Kier molecular flexibility index (Phi) is 3.39. The number of aliphatic hydroxyl groups excluding tert-OH is 1. The van der Waals surface area contributed by atoms with Crippen LogP contribution in [0.3, 0.4) is 0 Å². The summed E-state index contributed by atoms with van der Waals surface area (Å²) in [7, 11) is 0. The fourth-order valence-electron chi connectivity index (χ4n) is 1.76. The van der Waals surface area contributed by atoms with Crippen LogP contribution >= 0.6 is 11.6 Å². The van der Waals surface area contributed by atoms with Crippen LogP contribution in [0.2, 0.25) is 5.15 Å². The third-order valence-corrected chi connectivity index (χ3v) is 3.01. The van der Waals surface area contributed by atoms with Gasteiger partial charge in [-0.2, -0.15) is 0 Å². The van der Waals surface area contributed by atoms with Gasteiger partial charge < -0.3 is 10.4 Å². The molecule has 0 atom stereocenters. The number of nitrogens with one attached hydrogen (secondary N) is 1. The SMILES string of the molecule is O=[N+]([O-])c1c(Cl)ncnc1NCC1CC(O)C1. The van der Waals surface area contributed by atoms with Gasteiger partial charge in [-0.05, 0) is 18.8 Å². The molecule has 0 aliphatic heterocycles. The Morgan fingerprint density at radius 3 is 2.88 bits per heavy atom. The molecule has 1 aliphatic rings. The van der Waals surface area contributed by atoms with Gasteiger partial charge >= 0.3 is 5.69 Å². The molecule has 92 valence electrons. The molecule has 1 saturated carbocycles. The van der Waals surface area contributed by atoms with Crippen LogP contribution in [0.25, 0.3) is 0 Å². The van der Waals surface area contributed by atoms with Crippen LogP contribution < -0.4 is 5.32 Å². The first-order valence-electron chi connectivity index (χ1n) is 5.14. The van der Waals surface area contributed by atoms with Crippen LogP contribution in [0.15, 0.2) is 6.33 Å². The predicted molar refractivity (Wildman–Crippen MR) is 60.9 cm³/mol. The smallest absolute Gasteiger partial charge is 0.348 e. The van der Waals surface area contributed by atoms with Crippen LogP contribution in [0.1, 0.15) is 12.8 Å². The van der Waals surface area contributed by atoms with E-state index in [1.807, 2.05) is 0 Å². The van der Waals surface area contributed by atoms with Crippen molar-refractivity contribution in [2.45, 2.75) is 18.9 Å². The van der Waals surface area contributed by atoms with Gasteiger partial charge in [0.05, 0.1) is 11.0 Å². The second kappa shape index (κ2) is 4.80. The largest absolute Gasteiger partial charge is 0.393 e. The minimum absolute atomic E-state index is 0.122. The summed E-state index contributed by atoms with van der Waals surface area (Å²) in [6.45, 7) is 0.533. The van der Waals surface area contributed by atoms with Gasteiger partial charge in [-0.15, -0.1) is 0 Å². The van der Waals surface area contributed by atoms with Crippen molar-refractivity contribution in [3.63, 3.8) is 0 Å². The first kappa shape index (κ1) is 12.0. The Morgan fingerprint density at radius 2 is 2.29 bits per heavy atom. The van der Waals surface area contributed by atoms with Crippen molar-refractivity contribution in [3.05, 3.63) is 21.6 Å². The lowest BCUT2D eigenvalue weighted by Gasteiger charge is -2.31. The van der Waals surface area contributed by atoms with E-state index >= 15 is 0 Å². The number of rotatable bonds is 4. The zero-order valence-corrected chi connectivity index (χ0v) is 9.59. The van der Waals surface area contributed by atoms with E-state index < -0.39 is 4.92 Å². The van der Waals surface area contributed by atoms with Crippen molar-refractivity contribution < 1.29 is 10.0 Å². The molecule has 8 heteroatoms. The second-order valence-corrected chi connectivity index (χ2v) is 4.35. The molecular formula is C9H11ClN4O3. The molecule has 0 bridgehead atoms. The molecule has 1 aliphatic carbocycles. The third-order valence-electron chi connectivity index (χ3n) is 2.73. The molecule has 17 heavy (non-hydrogen) atoms. The van der Waals surface area contributed by atoms with Gasteiger partial charge in [0, 0.05) is 6.54 Å². The van der Waals surface area contributed by atoms with Crippen molar-refractivity contribution >= 4 is 23.1 Å². The van der Waals surface area contributed by atoms with E-state index in [0.717, 1.165) is 0 Å². The van der Waals surface area contributed by atoms with Crippen LogP contribution in [-0.4, -0.2) is 32.6 Å². The summed E-state index contributed by atoms with van der Waals surface area (Å²) in [5.41, 5.74) is -0.311. The topological polar surface area (TPSA) is 101 Å². The Labute approximate surface area is 102 Å². The van der Waals surface area contributed by atoms with Crippen molar-refractivity contribution in [1.82, 2.24) is 9.97 Å². The first-order chi connectivity index (χ1) is 8.08. The van der Waals surface area contributed by atoms with Crippen LogP contribution in [0.4, 0.5) is 11.5 Å². The zero-order chi connectivity index (χ0) is 12.4. The molecule has 0 radical (unpaired) electrons. The van der Waals surface area contributed by atoms with Crippen molar-refractivity contribution in [2.24, 2.45) is 5.92 Å². The summed E-state index contributed by atoms with van der Waals surface area (Å²) in [5, 5.41) is 22.6. The summed E-state index contributed by atoms with van der Waals surface area (Å²) in [6.07, 6.45) is 2.35. The summed E-state index contributed by atoms with van der Waals surface area (Å²) < 4.78 is 0. The average Bonchev–Trinajstić information content (AvgIpc) is 2.22. The number of hydrogen-bond donors (Lipinski definition) is 2. The Morgan fingerprint density at radius 1 is 1.59 bits per heavy atom. The van der Waals surface area contributed by atoms with Gasteiger partial charge in [-0.25, -0.2) is 9.97 Å². The Hall–Kier alpha value is -1.47. The van der Waals surface area contributed by atoms with E-state index in [1.165, 1.54) is 6.33 Å². The van der Waals surface area contributed by atoms with E-state index in [9.17, 15) is 10.1 Å². The zero-order valence-electron chi connectivity index (χ0n) is 8.84. The molecule has 7 nitrogen and oxygen atoms in total. The fourth-order valence-corrected chi connectivity index (χ4v) is 1.96. The number of halogens is 1. The van der Waals surface area contributed by atoms with Crippen LogP contribution in [0, 0.1) is 16.0 Å². The molecule has 0 aromatic carbocycles. The molecule has 1 aromatic rings. The second-order valence-electron chi connectivity index (χ2n) is 3.99. The molecule has 1 heterocycles. The number of nitro groups is 1. The van der Waals surface area contributed by atoms with Gasteiger partial charge in [-0.1, -0.05) is 11.6 Å². The lowest BCUT2D eigenvalue weighted by Crippen LogP contribution is -2.33. The highest BCUT2D eigenvalue weighted by molar-refractivity contribution is 6.31. The Bertz CT molecular complexity index is 436. The molecule has 0 unspecified atom stereocenters. The Balaban J connectivity index is 2.05. The highest BCUT2D eigenvalue weighted by Crippen LogP contribution is 2.31. The summed E-state index contributed by atoms with van der Waals surface area (Å²) in [4.78, 5) is 17.5. The van der Waals surface area contributed by atoms with Gasteiger partial charge in [-0.3, -0.25) is 10.1 Å². The highest BCUT2D eigenvalue weighted by atomic mass is 35.5. The molecule has 0 amide bonds. The highest BCUT2D eigenvalue weighted by Gasteiger charge is 2.28. The monoisotopic (exact) mass is 258 g/mol. The van der Waals surface area contributed by atoms with Crippen molar-refractivity contribution in [3.8, 4) is 0 Å². The molecule has 0 spiro atoms. The average molecular weight is 259 g/mol. The number of nitrogens with zero attached hydrogens (tertiary/aromatic N) is 3. The van der Waals surface area contributed by atoms with Crippen molar-refractivity contribution in [2.75, 3.05) is 11.9 Å². The molecule has 2 rings (SSSR count). The van der Waals surface area contributed by atoms with Crippen LogP contribution in [0.5, 0.6) is 0 Å². The number of aliphatic hydroxyl groups is 1.